The maximum Gasteiger partial charge on any atom is 0.148 e. The molecule has 1 aromatic heterocycles. The lowest BCUT2D eigenvalue weighted by Crippen LogP contribution is -2.21. The molecule has 1 saturated carbocycles. The van der Waals surface area contributed by atoms with Gasteiger partial charge < -0.3 is 5.32 Å². The zero-order valence-electron chi connectivity index (χ0n) is 13.8. The van der Waals surface area contributed by atoms with Gasteiger partial charge in [0.2, 0.25) is 0 Å². The minimum absolute atomic E-state index is 0.217. The molecule has 0 unspecified atom stereocenters. The molecule has 0 aliphatic heterocycles. The van der Waals surface area contributed by atoms with Crippen molar-refractivity contribution in [2.75, 3.05) is 11.9 Å². The van der Waals surface area contributed by atoms with Crippen molar-refractivity contribution in [2.45, 2.75) is 45.4 Å². The summed E-state index contributed by atoms with van der Waals surface area (Å²) in [6.45, 7) is 3.27. The standard InChI is InChI=1S/C19H26FN3/c1-2-3-14-4-6-15(7-5-14)13-21-19-12-18(22-23-19)16-8-10-17(20)11-9-16/h8-12,14-15H,2-7,13H2,1H3,(H2,21,22,23). The SMILES string of the molecule is CCCC1CCC(CNc2cc(-c3ccc(F)cc3)[nH]n2)CC1. The maximum absolute atomic E-state index is 13.0. The van der Waals surface area contributed by atoms with Gasteiger partial charge in [-0.25, -0.2) is 4.39 Å². The van der Waals surface area contributed by atoms with Crippen molar-refractivity contribution in [1.82, 2.24) is 10.2 Å². The molecule has 0 atom stereocenters. The molecule has 1 aliphatic carbocycles. The average molecular weight is 315 g/mol. The molecule has 1 aromatic carbocycles. The third-order valence-electron chi connectivity index (χ3n) is 4.97. The second-order valence-electron chi connectivity index (χ2n) is 6.73. The second kappa shape index (κ2) is 7.62. The summed E-state index contributed by atoms with van der Waals surface area (Å²) in [5.74, 6) is 2.37. The van der Waals surface area contributed by atoms with Crippen LogP contribution in [-0.4, -0.2) is 16.7 Å². The van der Waals surface area contributed by atoms with Crippen LogP contribution in [0.1, 0.15) is 45.4 Å². The van der Waals surface area contributed by atoms with Crippen molar-refractivity contribution in [3.63, 3.8) is 0 Å². The van der Waals surface area contributed by atoms with E-state index in [1.54, 1.807) is 12.1 Å². The van der Waals surface area contributed by atoms with E-state index in [0.717, 1.165) is 35.5 Å². The fraction of sp³-hybridized carbons (Fsp3) is 0.526. The number of H-pyrrole nitrogens is 1. The normalized spacial score (nSPS) is 21.3. The Hall–Kier alpha value is -1.84. The van der Waals surface area contributed by atoms with Crippen molar-refractivity contribution in [3.8, 4) is 11.3 Å². The Morgan fingerprint density at radius 1 is 1.13 bits per heavy atom. The monoisotopic (exact) mass is 315 g/mol. The van der Waals surface area contributed by atoms with E-state index in [9.17, 15) is 4.39 Å². The molecule has 3 rings (SSSR count). The van der Waals surface area contributed by atoms with Crippen LogP contribution in [0.15, 0.2) is 30.3 Å². The number of benzene rings is 1. The first-order valence-electron chi connectivity index (χ1n) is 8.80. The van der Waals surface area contributed by atoms with Gasteiger partial charge in [-0.05, 0) is 54.5 Å². The summed E-state index contributed by atoms with van der Waals surface area (Å²) < 4.78 is 13.0. The number of halogens is 1. The van der Waals surface area contributed by atoms with Crippen LogP contribution in [0.5, 0.6) is 0 Å². The van der Waals surface area contributed by atoms with Gasteiger partial charge in [0.25, 0.3) is 0 Å². The highest BCUT2D eigenvalue weighted by Crippen LogP contribution is 2.31. The van der Waals surface area contributed by atoms with Crippen LogP contribution < -0.4 is 5.32 Å². The van der Waals surface area contributed by atoms with Crippen LogP contribution in [0.25, 0.3) is 11.3 Å². The summed E-state index contributed by atoms with van der Waals surface area (Å²) in [5, 5.41) is 10.8. The number of aromatic nitrogens is 2. The van der Waals surface area contributed by atoms with Crippen molar-refractivity contribution in [3.05, 3.63) is 36.1 Å². The molecule has 0 amide bonds. The average Bonchev–Trinajstić information content (AvgIpc) is 3.04. The molecule has 4 heteroatoms. The Morgan fingerprint density at radius 3 is 2.52 bits per heavy atom. The van der Waals surface area contributed by atoms with Gasteiger partial charge in [-0.15, -0.1) is 0 Å². The Kier molecular flexibility index (Phi) is 5.31. The number of anilines is 1. The Balaban J connectivity index is 1.49. The number of nitrogens with zero attached hydrogens (tertiary/aromatic N) is 1. The smallest absolute Gasteiger partial charge is 0.148 e. The minimum Gasteiger partial charge on any atom is -0.368 e. The van der Waals surface area contributed by atoms with E-state index in [-0.39, 0.29) is 5.82 Å². The summed E-state index contributed by atoms with van der Waals surface area (Å²) in [6, 6.07) is 8.47. The molecule has 3 nitrogen and oxygen atoms in total. The van der Waals surface area contributed by atoms with E-state index < -0.39 is 0 Å². The maximum atomic E-state index is 13.0. The van der Waals surface area contributed by atoms with Gasteiger partial charge in [-0.2, -0.15) is 5.10 Å². The lowest BCUT2D eigenvalue weighted by Gasteiger charge is -2.28. The number of hydrogen-bond acceptors (Lipinski definition) is 2. The molecule has 2 N–H and O–H groups in total. The van der Waals surface area contributed by atoms with E-state index in [2.05, 4.69) is 22.4 Å². The van der Waals surface area contributed by atoms with Crippen LogP contribution in [0.4, 0.5) is 10.2 Å². The Morgan fingerprint density at radius 2 is 1.83 bits per heavy atom. The molecule has 0 saturated heterocycles. The van der Waals surface area contributed by atoms with Crippen LogP contribution in [0.2, 0.25) is 0 Å². The van der Waals surface area contributed by atoms with Crippen LogP contribution in [-0.2, 0) is 0 Å². The quantitative estimate of drug-likeness (QED) is 0.766. The highest BCUT2D eigenvalue weighted by molar-refractivity contribution is 5.62. The highest BCUT2D eigenvalue weighted by atomic mass is 19.1. The molecule has 2 aromatic rings. The van der Waals surface area contributed by atoms with Gasteiger partial charge in [0, 0.05) is 12.6 Å². The molecule has 0 bridgehead atoms. The first-order chi connectivity index (χ1) is 11.2. The van der Waals surface area contributed by atoms with Crippen molar-refractivity contribution < 1.29 is 4.39 Å². The molecule has 1 aliphatic rings. The molecule has 1 fully saturated rings. The number of aromatic amines is 1. The molecule has 1 heterocycles. The summed E-state index contributed by atoms with van der Waals surface area (Å²) in [7, 11) is 0. The van der Waals surface area contributed by atoms with Gasteiger partial charge in [0.15, 0.2) is 0 Å². The minimum atomic E-state index is -0.217. The van der Waals surface area contributed by atoms with E-state index in [1.165, 1.54) is 50.7 Å². The van der Waals surface area contributed by atoms with Gasteiger partial charge in [0.1, 0.15) is 11.6 Å². The molecule has 23 heavy (non-hydrogen) atoms. The summed E-state index contributed by atoms with van der Waals surface area (Å²) in [6.07, 6.45) is 8.11. The zero-order chi connectivity index (χ0) is 16.1. The summed E-state index contributed by atoms with van der Waals surface area (Å²) >= 11 is 0. The fourth-order valence-electron chi connectivity index (χ4n) is 3.57. The van der Waals surface area contributed by atoms with E-state index in [0.29, 0.717) is 0 Å². The zero-order valence-corrected chi connectivity index (χ0v) is 13.8. The largest absolute Gasteiger partial charge is 0.368 e. The number of nitrogens with one attached hydrogen (secondary N) is 2. The topological polar surface area (TPSA) is 40.7 Å². The van der Waals surface area contributed by atoms with Crippen LogP contribution >= 0.6 is 0 Å². The predicted molar refractivity (Wildman–Crippen MR) is 92.8 cm³/mol. The molecular formula is C19H26FN3. The highest BCUT2D eigenvalue weighted by Gasteiger charge is 2.20. The second-order valence-corrected chi connectivity index (χ2v) is 6.73. The van der Waals surface area contributed by atoms with E-state index >= 15 is 0 Å². The fourth-order valence-corrected chi connectivity index (χ4v) is 3.57. The van der Waals surface area contributed by atoms with E-state index in [4.69, 9.17) is 0 Å². The van der Waals surface area contributed by atoms with Gasteiger partial charge in [-0.1, -0.05) is 32.6 Å². The first-order valence-corrected chi connectivity index (χ1v) is 8.80. The molecule has 0 spiro atoms. The third kappa shape index (κ3) is 4.34. The Bertz CT molecular complexity index is 597. The Labute approximate surface area is 137 Å². The van der Waals surface area contributed by atoms with Crippen molar-refractivity contribution in [2.24, 2.45) is 11.8 Å². The summed E-state index contributed by atoms with van der Waals surface area (Å²) in [5.41, 5.74) is 1.87. The third-order valence-corrected chi connectivity index (χ3v) is 4.97. The van der Waals surface area contributed by atoms with Crippen molar-refractivity contribution >= 4 is 5.82 Å². The number of rotatable bonds is 6. The van der Waals surface area contributed by atoms with Crippen LogP contribution in [0.3, 0.4) is 0 Å². The summed E-state index contributed by atoms with van der Waals surface area (Å²) in [4.78, 5) is 0. The van der Waals surface area contributed by atoms with Gasteiger partial charge >= 0.3 is 0 Å². The molecule has 124 valence electrons. The van der Waals surface area contributed by atoms with Gasteiger partial charge in [0.05, 0.1) is 5.69 Å². The molecular weight excluding hydrogens is 289 g/mol. The predicted octanol–water partition coefficient (Wildman–Crippen LogP) is 5.23. The van der Waals surface area contributed by atoms with Crippen molar-refractivity contribution in [1.29, 1.82) is 0 Å². The van der Waals surface area contributed by atoms with Gasteiger partial charge in [-0.3, -0.25) is 5.10 Å². The van der Waals surface area contributed by atoms with Crippen LogP contribution in [0, 0.1) is 17.7 Å². The van der Waals surface area contributed by atoms with E-state index in [1.807, 2.05) is 6.07 Å². The molecule has 0 radical (unpaired) electrons. The lowest BCUT2D eigenvalue weighted by molar-refractivity contribution is 0.270. The first kappa shape index (κ1) is 16.0. The number of hydrogen-bond donors (Lipinski definition) is 2. The lowest BCUT2D eigenvalue weighted by atomic mass is 9.80.